The summed E-state index contributed by atoms with van der Waals surface area (Å²) in [7, 11) is 3.00. The molecule has 2 heterocycles. The number of imide groups is 1. The van der Waals surface area contributed by atoms with Crippen molar-refractivity contribution < 1.29 is 23.9 Å². The molecule has 0 unspecified atom stereocenters. The van der Waals surface area contributed by atoms with Crippen LogP contribution in [-0.4, -0.2) is 55.6 Å². The molecule has 1 saturated heterocycles. The Bertz CT molecular complexity index is 1070. The van der Waals surface area contributed by atoms with Crippen LogP contribution in [0, 0.1) is 0 Å². The van der Waals surface area contributed by atoms with Gasteiger partial charge in [0, 0.05) is 16.8 Å². The number of nitrogens with one attached hydrogen (secondary N) is 1. The molecule has 160 valence electrons. The first-order valence-electron chi connectivity index (χ1n) is 9.25. The second-order valence-electron chi connectivity index (χ2n) is 6.80. The molecule has 11 heteroatoms. The molecule has 0 saturated carbocycles. The van der Waals surface area contributed by atoms with Crippen molar-refractivity contribution in [3.63, 3.8) is 0 Å². The number of amides is 3. The minimum Gasteiger partial charge on any atom is -0.493 e. The maximum Gasteiger partial charge on any atom is 0.263 e. The fourth-order valence-electron chi connectivity index (χ4n) is 3.46. The van der Waals surface area contributed by atoms with E-state index in [0.29, 0.717) is 27.9 Å². The normalized spacial score (nSPS) is 19.6. The molecule has 10 nitrogen and oxygen atoms in total. The van der Waals surface area contributed by atoms with Gasteiger partial charge in [0.1, 0.15) is 6.54 Å². The number of rotatable bonds is 6. The summed E-state index contributed by atoms with van der Waals surface area (Å²) in [6.45, 7) is -0.257. The topological polar surface area (TPSA) is 113 Å². The highest BCUT2D eigenvalue weighted by Gasteiger charge is 2.55. The molecule has 3 amide bonds. The first-order chi connectivity index (χ1) is 14.9. The summed E-state index contributed by atoms with van der Waals surface area (Å²) in [6, 6.07) is 9.27. The number of carbonyl (C=O) groups excluding carboxylic acids is 3. The molecule has 2 aliphatic heterocycles. The smallest absolute Gasteiger partial charge is 0.263 e. The van der Waals surface area contributed by atoms with Crippen LogP contribution >= 0.6 is 11.6 Å². The average Bonchev–Trinajstić information content (AvgIpc) is 3.28. The van der Waals surface area contributed by atoms with Gasteiger partial charge in [-0.15, -0.1) is 0 Å². The second-order valence-corrected chi connectivity index (χ2v) is 7.23. The summed E-state index contributed by atoms with van der Waals surface area (Å²) >= 11 is 5.88. The summed E-state index contributed by atoms with van der Waals surface area (Å²) in [5, 5.41) is 12.2. The minimum atomic E-state index is -0.989. The number of nitrogens with zero attached hydrogens (tertiary/aromatic N) is 4. The highest BCUT2D eigenvalue weighted by molar-refractivity contribution is 6.31. The number of carbonyl (C=O) groups is 3. The summed E-state index contributed by atoms with van der Waals surface area (Å²) < 4.78 is 10.4. The maximum atomic E-state index is 12.9. The third kappa shape index (κ3) is 3.77. The molecule has 1 N–H and O–H groups in total. The summed E-state index contributed by atoms with van der Waals surface area (Å²) in [4.78, 5) is 39.2. The van der Waals surface area contributed by atoms with Crippen LogP contribution in [0.5, 0.6) is 11.5 Å². The van der Waals surface area contributed by atoms with Gasteiger partial charge < -0.3 is 14.8 Å². The van der Waals surface area contributed by atoms with Crippen LogP contribution in [0.4, 0.5) is 11.4 Å². The first-order valence-corrected chi connectivity index (χ1v) is 9.63. The lowest BCUT2D eigenvalue weighted by atomic mass is 10.1. The van der Waals surface area contributed by atoms with E-state index in [2.05, 4.69) is 15.7 Å². The second kappa shape index (κ2) is 8.23. The molecular formula is C20H18ClN5O5. The Kier molecular flexibility index (Phi) is 5.47. The largest absolute Gasteiger partial charge is 0.493 e. The average molecular weight is 444 g/mol. The lowest BCUT2D eigenvalue weighted by Crippen LogP contribution is -2.43. The molecule has 2 aromatic rings. The zero-order chi connectivity index (χ0) is 22.1. The van der Waals surface area contributed by atoms with E-state index >= 15 is 0 Å². The third-order valence-corrected chi connectivity index (χ3v) is 5.17. The van der Waals surface area contributed by atoms with Crippen molar-refractivity contribution in [2.45, 2.75) is 12.1 Å². The van der Waals surface area contributed by atoms with Crippen LogP contribution in [0.2, 0.25) is 5.02 Å². The van der Waals surface area contributed by atoms with E-state index in [1.807, 2.05) is 0 Å². The van der Waals surface area contributed by atoms with Gasteiger partial charge in [0.15, 0.2) is 23.6 Å². The van der Waals surface area contributed by atoms with E-state index in [4.69, 9.17) is 21.1 Å². The molecule has 0 bridgehead atoms. The Morgan fingerprint density at radius 3 is 2.45 bits per heavy atom. The van der Waals surface area contributed by atoms with E-state index in [-0.39, 0.29) is 6.54 Å². The number of benzene rings is 2. The van der Waals surface area contributed by atoms with Crippen molar-refractivity contribution in [1.82, 2.24) is 5.01 Å². The molecule has 31 heavy (non-hydrogen) atoms. The number of hydrogen-bond donors (Lipinski definition) is 1. The van der Waals surface area contributed by atoms with Crippen molar-refractivity contribution >= 4 is 40.7 Å². The molecule has 0 aliphatic carbocycles. The Morgan fingerprint density at radius 1 is 1.06 bits per heavy atom. The summed E-state index contributed by atoms with van der Waals surface area (Å²) in [5.41, 5.74) is 0.866. The maximum absolute atomic E-state index is 12.9. The number of anilines is 2. The molecule has 2 aromatic carbocycles. The fraction of sp³-hybridized carbons (Fsp3) is 0.250. The predicted molar refractivity (Wildman–Crippen MR) is 111 cm³/mol. The lowest BCUT2D eigenvalue weighted by Gasteiger charge is -2.20. The van der Waals surface area contributed by atoms with E-state index in [0.717, 1.165) is 4.90 Å². The molecule has 2 atom stereocenters. The molecule has 0 radical (unpaired) electrons. The Hall–Kier alpha value is -3.66. The predicted octanol–water partition coefficient (Wildman–Crippen LogP) is 2.29. The number of halogens is 1. The minimum absolute atomic E-state index is 0.257. The number of methoxy groups -OCH3 is 2. The van der Waals surface area contributed by atoms with Gasteiger partial charge in [-0.25, -0.2) is 4.90 Å². The van der Waals surface area contributed by atoms with Crippen LogP contribution in [0.25, 0.3) is 0 Å². The standard InChI is InChI=1S/C20H18ClN5O5/c1-30-14-8-5-12(9-15(14)31-2)22-16(27)10-25-18-17(23-24-25)19(28)26(20(18)29)13-6-3-11(21)4-7-13/h3-9,17-18H,10H2,1-2H3,(H,22,27)/t17-,18+/m1/s1. The molecule has 4 rings (SSSR count). The van der Waals surface area contributed by atoms with E-state index in [9.17, 15) is 14.4 Å². The zero-order valence-electron chi connectivity index (χ0n) is 16.6. The Labute approximate surface area is 182 Å². The van der Waals surface area contributed by atoms with Crippen LogP contribution < -0.4 is 19.7 Å². The number of hydrogen-bond acceptors (Lipinski definition) is 8. The Balaban J connectivity index is 1.46. The quantitative estimate of drug-likeness (QED) is 0.685. The molecule has 1 fully saturated rings. The van der Waals surface area contributed by atoms with Gasteiger partial charge >= 0.3 is 0 Å². The molecule has 0 aromatic heterocycles. The van der Waals surface area contributed by atoms with Crippen LogP contribution in [0.3, 0.4) is 0 Å². The van der Waals surface area contributed by atoms with Gasteiger partial charge in [-0.2, -0.15) is 5.11 Å². The number of ether oxygens (including phenoxy) is 2. The van der Waals surface area contributed by atoms with Gasteiger partial charge in [0.25, 0.3) is 11.8 Å². The zero-order valence-corrected chi connectivity index (χ0v) is 17.4. The Morgan fingerprint density at radius 2 is 1.77 bits per heavy atom. The van der Waals surface area contributed by atoms with Crippen molar-refractivity contribution in [3.8, 4) is 11.5 Å². The van der Waals surface area contributed by atoms with E-state index in [1.54, 1.807) is 42.5 Å². The van der Waals surface area contributed by atoms with Crippen molar-refractivity contribution in [2.75, 3.05) is 31.0 Å². The van der Waals surface area contributed by atoms with Crippen LogP contribution in [0.1, 0.15) is 0 Å². The fourth-order valence-corrected chi connectivity index (χ4v) is 3.59. The van der Waals surface area contributed by atoms with Crippen LogP contribution in [0.15, 0.2) is 52.8 Å². The number of fused-ring (bicyclic) bond motifs is 1. The lowest BCUT2D eigenvalue weighted by molar-refractivity contribution is -0.123. The molecule has 2 aliphatic rings. The summed E-state index contributed by atoms with van der Waals surface area (Å²) in [6.07, 6.45) is 0. The highest BCUT2D eigenvalue weighted by Crippen LogP contribution is 2.33. The van der Waals surface area contributed by atoms with E-state index < -0.39 is 29.8 Å². The highest BCUT2D eigenvalue weighted by atomic mass is 35.5. The third-order valence-electron chi connectivity index (χ3n) is 4.92. The van der Waals surface area contributed by atoms with Gasteiger partial charge in [0.2, 0.25) is 5.91 Å². The van der Waals surface area contributed by atoms with Gasteiger partial charge in [-0.1, -0.05) is 16.8 Å². The first kappa shape index (κ1) is 20.6. The SMILES string of the molecule is COc1ccc(NC(=O)CN2N=N[C@H]3C(=O)N(c4ccc(Cl)cc4)C(=O)[C@H]32)cc1OC. The summed E-state index contributed by atoms with van der Waals surface area (Å²) in [5.74, 6) is -0.451. The monoisotopic (exact) mass is 443 g/mol. The molecule has 0 spiro atoms. The van der Waals surface area contributed by atoms with Crippen molar-refractivity contribution in [1.29, 1.82) is 0 Å². The van der Waals surface area contributed by atoms with Crippen molar-refractivity contribution in [2.24, 2.45) is 10.3 Å². The van der Waals surface area contributed by atoms with Crippen molar-refractivity contribution in [3.05, 3.63) is 47.5 Å². The van der Waals surface area contributed by atoms with E-state index in [1.165, 1.54) is 19.2 Å². The van der Waals surface area contributed by atoms with Gasteiger partial charge in [-0.05, 0) is 36.4 Å². The van der Waals surface area contributed by atoms with Gasteiger partial charge in [-0.3, -0.25) is 19.4 Å². The van der Waals surface area contributed by atoms with Gasteiger partial charge in [0.05, 0.1) is 19.9 Å². The molecular weight excluding hydrogens is 426 g/mol. The van der Waals surface area contributed by atoms with Crippen LogP contribution in [-0.2, 0) is 14.4 Å².